The highest BCUT2D eigenvalue weighted by Gasteiger charge is 2.07. The Morgan fingerprint density at radius 3 is 2.66 bits per heavy atom. The molecule has 0 saturated carbocycles. The van der Waals surface area contributed by atoms with Crippen LogP contribution >= 0.6 is 24.0 Å². The van der Waals surface area contributed by atoms with Gasteiger partial charge in [0.25, 0.3) is 0 Å². The van der Waals surface area contributed by atoms with E-state index in [-0.39, 0.29) is 24.0 Å². The van der Waals surface area contributed by atoms with Crippen molar-refractivity contribution in [1.29, 1.82) is 0 Å². The maximum absolute atomic E-state index is 5.67. The van der Waals surface area contributed by atoms with Gasteiger partial charge in [0, 0.05) is 19.2 Å². The van der Waals surface area contributed by atoms with Crippen LogP contribution in [0.3, 0.4) is 0 Å². The van der Waals surface area contributed by atoms with Gasteiger partial charge in [-0.15, -0.1) is 24.0 Å². The molecule has 0 spiro atoms. The van der Waals surface area contributed by atoms with Gasteiger partial charge in [-0.25, -0.2) is 9.98 Å². The Morgan fingerprint density at radius 1 is 1.09 bits per heavy atom. The zero-order chi connectivity index (χ0) is 21.9. The number of hydrogen-bond acceptors (Lipinski definition) is 5. The van der Waals surface area contributed by atoms with Crippen molar-refractivity contribution in [2.75, 3.05) is 26.9 Å². The number of halogens is 1. The van der Waals surface area contributed by atoms with Crippen LogP contribution in [-0.4, -0.2) is 37.8 Å². The Bertz CT molecular complexity index is 973. The van der Waals surface area contributed by atoms with E-state index >= 15 is 0 Å². The van der Waals surface area contributed by atoms with Crippen LogP contribution in [0.5, 0.6) is 5.75 Å². The molecule has 3 rings (SSSR count). The summed E-state index contributed by atoms with van der Waals surface area (Å²) in [4.78, 5) is 9.24. The van der Waals surface area contributed by atoms with Crippen molar-refractivity contribution in [2.45, 2.75) is 26.9 Å². The van der Waals surface area contributed by atoms with E-state index in [0.717, 1.165) is 29.1 Å². The lowest BCUT2D eigenvalue weighted by Crippen LogP contribution is -2.36. The van der Waals surface area contributed by atoms with Crippen LogP contribution in [0.25, 0.3) is 11.5 Å². The van der Waals surface area contributed by atoms with Crippen molar-refractivity contribution in [2.24, 2.45) is 4.99 Å². The molecule has 0 bridgehead atoms. The number of oxazole rings is 1. The first-order chi connectivity index (χ1) is 15.2. The normalized spacial score (nSPS) is 11.0. The van der Waals surface area contributed by atoms with Crippen LogP contribution in [0.2, 0.25) is 0 Å². The molecule has 2 N–H and O–H groups in total. The molecule has 0 aliphatic heterocycles. The fraction of sp³-hybridized carbons (Fsp3) is 0.333. The number of aryl methyl sites for hydroxylation is 1. The number of rotatable bonds is 10. The van der Waals surface area contributed by atoms with Crippen molar-refractivity contribution in [3.8, 4) is 17.2 Å². The second kappa shape index (κ2) is 13.7. The quantitative estimate of drug-likeness (QED) is 0.167. The molecule has 0 aliphatic carbocycles. The molecule has 0 amide bonds. The summed E-state index contributed by atoms with van der Waals surface area (Å²) in [7, 11) is 1.66. The van der Waals surface area contributed by atoms with E-state index in [1.807, 2.05) is 55.5 Å². The lowest BCUT2D eigenvalue weighted by atomic mass is 10.1. The van der Waals surface area contributed by atoms with Gasteiger partial charge in [-0.05, 0) is 43.7 Å². The number of ether oxygens (including phenoxy) is 2. The third kappa shape index (κ3) is 8.16. The standard InChI is InChI=1S/C24H30N4O3.HI/c1-4-25-24(26-15-19-6-5-7-22(14-19)30-13-12-29-3)27-16-21-17-31-23(28-21)20-10-8-18(2)9-11-20;/h5-11,14,17H,4,12-13,15-16H2,1-3H3,(H2,25,26,27);1H. The lowest BCUT2D eigenvalue weighted by molar-refractivity contribution is 0.146. The largest absolute Gasteiger partial charge is 0.491 e. The summed E-state index contributed by atoms with van der Waals surface area (Å²) in [5, 5.41) is 6.56. The molecule has 32 heavy (non-hydrogen) atoms. The van der Waals surface area contributed by atoms with Crippen molar-refractivity contribution in [3.63, 3.8) is 0 Å². The van der Waals surface area contributed by atoms with Gasteiger partial charge in [0.2, 0.25) is 5.89 Å². The predicted octanol–water partition coefficient (Wildman–Crippen LogP) is 4.55. The van der Waals surface area contributed by atoms with Crippen LogP contribution in [0.4, 0.5) is 0 Å². The van der Waals surface area contributed by atoms with E-state index < -0.39 is 0 Å². The second-order valence-electron chi connectivity index (χ2n) is 7.05. The Kier molecular flexibility index (Phi) is 11.0. The SMILES string of the molecule is CCNC(=NCc1cccc(OCCOC)c1)NCc1coc(-c2ccc(C)cc2)n1.I. The third-order valence-corrected chi connectivity index (χ3v) is 4.51. The Balaban J connectivity index is 0.00000363. The minimum absolute atomic E-state index is 0. The average Bonchev–Trinajstić information content (AvgIpc) is 3.26. The molecule has 3 aromatic rings. The second-order valence-corrected chi connectivity index (χ2v) is 7.05. The molecule has 0 atom stereocenters. The fourth-order valence-electron chi connectivity index (χ4n) is 2.88. The number of nitrogens with zero attached hydrogens (tertiary/aromatic N) is 2. The molecule has 0 aliphatic rings. The van der Waals surface area contributed by atoms with Gasteiger partial charge >= 0.3 is 0 Å². The highest BCUT2D eigenvalue weighted by atomic mass is 127. The van der Waals surface area contributed by atoms with Crippen LogP contribution in [0.15, 0.2) is 64.2 Å². The van der Waals surface area contributed by atoms with Crippen LogP contribution in [0.1, 0.15) is 23.7 Å². The number of benzene rings is 2. The first-order valence-electron chi connectivity index (χ1n) is 10.4. The smallest absolute Gasteiger partial charge is 0.226 e. The number of aromatic nitrogens is 1. The highest BCUT2D eigenvalue weighted by Crippen LogP contribution is 2.19. The van der Waals surface area contributed by atoms with Gasteiger partial charge in [-0.1, -0.05) is 29.8 Å². The molecule has 7 nitrogen and oxygen atoms in total. The monoisotopic (exact) mass is 550 g/mol. The van der Waals surface area contributed by atoms with Crippen molar-refractivity contribution < 1.29 is 13.9 Å². The van der Waals surface area contributed by atoms with Gasteiger partial charge in [-0.3, -0.25) is 0 Å². The zero-order valence-electron chi connectivity index (χ0n) is 18.8. The molecular weight excluding hydrogens is 519 g/mol. The Labute approximate surface area is 206 Å². The summed E-state index contributed by atoms with van der Waals surface area (Å²) in [6.07, 6.45) is 1.67. The minimum atomic E-state index is 0. The highest BCUT2D eigenvalue weighted by molar-refractivity contribution is 14.0. The number of methoxy groups -OCH3 is 1. The van der Waals surface area contributed by atoms with Gasteiger partial charge in [0.15, 0.2) is 5.96 Å². The van der Waals surface area contributed by atoms with E-state index in [9.17, 15) is 0 Å². The summed E-state index contributed by atoms with van der Waals surface area (Å²) in [5.74, 6) is 2.14. The maximum atomic E-state index is 5.67. The summed E-state index contributed by atoms with van der Waals surface area (Å²) >= 11 is 0. The Hall–Kier alpha value is -2.59. The zero-order valence-corrected chi connectivity index (χ0v) is 21.1. The molecule has 0 saturated heterocycles. The summed E-state index contributed by atoms with van der Waals surface area (Å²) < 4.78 is 16.3. The molecule has 1 aromatic heterocycles. The van der Waals surface area contributed by atoms with Gasteiger partial charge in [-0.2, -0.15) is 0 Å². The van der Waals surface area contributed by atoms with E-state index in [1.165, 1.54) is 5.56 Å². The predicted molar refractivity (Wildman–Crippen MR) is 138 cm³/mol. The molecule has 2 aromatic carbocycles. The third-order valence-electron chi connectivity index (χ3n) is 4.51. The summed E-state index contributed by atoms with van der Waals surface area (Å²) in [6, 6.07) is 16.0. The van der Waals surface area contributed by atoms with Gasteiger partial charge in [0.1, 0.15) is 18.6 Å². The van der Waals surface area contributed by atoms with Gasteiger partial charge in [0.05, 0.1) is 25.4 Å². The topological polar surface area (TPSA) is 80.9 Å². The van der Waals surface area contributed by atoms with E-state index in [0.29, 0.717) is 38.2 Å². The molecule has 8 heteroatoms. The van der Waals surface area contributed by atoms with Crippen LogP contribution in [-0.2, 0) is 17.8 Å². The van der Waals surface area contributed by atoms with Crippen molar-refractivity contribution >= 4 is 29.9 Å². The van der Waals surface area contributed by atoms with Crippen LogP contribution < -0.4 is 15.4 Å². The minimum Gasteiger partial charge on any atom is -0.491 e. The molecule has 1 heterocycles. The van der Waals surface area contributed by atoms with E-state index in [4.69, 9.17) is 13.9 Å². The first kappa shape index (κ1) is 25.7. The molecule has 0 fully saturated rings. The fourth-order valence-corrected chi connectivity index (χ4v) is 2.88. The molecule has 0 radical (unpaired) electrons. The van der Waals surface area contributed by atoms with Crippen LogP contribution in [0, 0.1) is 6.92 Å². The number of aliphatic imine (C=N–C) groups is 1. The molecular formula is C24H31IN4O3. The van der Waals surface area contributed by atoms with Gasteiger partial charge < -0.3 is 24.5 Å². The average molecular weight is 550 g/mol. The number of hydrogen-bond donors (Lipinski definition) is 2. The number of nitrogens with one attached hydrogen (secondary N) is 2. The van der Waals surface area contributed by atoms with E-state index in [1.54, 1.807) is 13.4 Å². The van der Waals surface area contributed by atoms with Crippen molar-refractivity contribution in [1.82, 2.24) is 15.6 Å². The van der Waals surface area contributed by atoms with E-state index in [2.05, 4.69) is 27.5 Å². The first-order valence-corrected chi connectivity index (χ1v) is 10.4. The number of guanidine groups is 1. The summed E-state index contributed by atoms with van der Waals surface area (Å²) in [6.45, 7) is 6.99. The molecule has 0 unspecified atom stereocenters. The molecule has 172 valence electrons. The maximum Gasteiger partial charge on any atom is 0.226 e. The van der Waals surface area contributed by atoms with Crippen molar-refractivity contribution in [3.05, 3.63) is 71.6 Å². The Morgan fingerprint density at radius 2 is 1.91 bits per heavy atom. The summed E-state index contributed by atoms with van der Waals surface area (Å²) in [5.41, 5.74) is 4.05. The lowest BCUT2D eigenvalue weighted by Gasteiger charge is -2.10.